The van der Waals surface area contributed by atoms with E-state index in [-0.39, 0.29) is 36.4 Å². The standard InChI is InChI=1S/C28H31F5O4/c1-25-14-21(15-3-5-16(6-4-15)24(35)37-2)23-19-10-8-18(34)13-17(19)7-9-20(23)22(25)11-12-26(25,36)27(29,30)28(31,32)33/h3-6,13,19-23,36H,7-12,14H2,1-2H3/t19?,20?,21-,22?,23?,25+,26+/m1/s1. The number of aliphatic hydroxyl groups is 1. The van der Waals surface area contributed by atoms with Crippen LogP contribution in [0.4, 0.5) is 22.0 Å². The van der Waals surface area contributed by atoms with Crippen LogP contribution in [0, 0.1) is 29.1 Å². The molecule has 0 aromatic heterocycles. The molecule has 9 heteroatoms. The highest BCUT2D eigenvalue weighted by Crippen LogP contribution is 2.71. The number of ether oxygens (including phenoxy) is 1. The summed E-state index contributed by atoms with van der Waals surface area (Å²) >= 11 is 0. The van der Waals surface area contributed by atoms with Crippen LogP contribution in [-0.4, -0.2) is 41.7 Å². The molecule has 0 amide bonds. The molecule has 3 saturated carbocycles. The highest BCUT2D eigenvalue weighted by Gasteiger charge is 2.79. The molecule has 1 aromatic rings. The third-order valence-corrected chi connectivity index (χ3v) is 10.1. The minimum Gasteiger partial charge on any atom is -0.465 e. The van der Waals surface area contributed by atoms with Gasteiger partial charge in [0.1, 0.15) is 5.60 Å². The summed E-state index contributed by atoms with van der Waals surface area (Å²) in [5, 5.41) is 11.3. The average Bonchev–Trinajstić information content (AvgIpc) is 3.13. The molecule has 0 aliphatic heterocycles. The van der Waals surface area contributed by atoms with E-state index in [0.717, 1.165) is 11.1 Å². The number of hydrogen-bond donors (Lipinski definition) is 1. The van der Waals surface area contributed by atoms with E-state index in [9.17, 15) is 27.9 Å². The van der Waals surface area contributed by atoms with Crippen molar-refractivity contribution in [2.24, 2.45) is 29.1 Å². The molecule has 7 atom stereocenters. The highest BCUT2D eigenvalue weighted by atomic mass is 19.4. The van der Waals surface area contributed by atoms with Gasteiger partial charge in [-0.25, -0.2) is 4.79 Å². The Morgan fingerprint density at radius 3 is 2.32 bits per heavy atom. The van der Waals surface area contributed by atoms with Crippen LogP contribution in [0.2, 0.25) is 0 Å². The topological polar surface area (TPSA) is 63.6 Å². The number of benzene rings is 1. The number of hydrogen-bond acceptors (Lipinski definition) is 4. The number of alkyl halides is 5. The van der Waals surface area contributed by atoms with E-state index in [4.69, 9.17) is 4.74 Å². The lowest BCUT2D eigenvalue weighted by Crippen LogP contribution is -2.66. The largest absolute Gasteiger partial charge is 0.465 e. The van der Waals surface area contributed by atoms with Crippen molar-refractivity contribution in [2.75, 3.05) is 7.11 Å². The smallest absolute Gasteiger partial charge is 0.456 e. The molecule has 4 nitrogen and oxygen atoms in total. The van der Waals surface area contributed by atoms with Gasteiger partial charge >= 0.3 is 18.1 Å². The second kappa shape index (κ2) is 8.61. The predicted molar refractivity (Wildman–Crippen MR) is 124 cm³/mol. The molecule has 202 valence electrons. The first-order valence-corrected chi connectivity index (χ1v) is 12.8. The van der Waals surface area contributed by atoms with E-state index in [2.05, 4.69) is 0 Å². The summed E-state index contributed by atoms with van der Waals surface area (Å²) in [7, 11) is 1.25. The molecule has 0 radical (unpaired) electrons. The first kappa shape index (κ1) is 26.3. The first-order valence-electron chi connectivity index (χ1n) is 12.8. The Morgan fingerprint density at radius 1 is 1.03 bits per heavy atom. The van der Waals surface area contributed by atoms with E-state index >= 15 is 8.78 Å². The molecule has 37 heavy (non-hydrogen) atoms. The van der Waals surface area contributed by atoms with Crippen molar-refractivity contribution >= 4 is 11.8 Å². The summed E-state index contributed by atoms with van der Waals surface area (Å²) < 4.78 is 75.7. The number of carbonyl (C=O) groups excluding carboxylic acids is 2. The molecule has 0 spiro atoms. The Bertz CT molecular complexity index is 1130. The maximum atomic E-state index is 15.0. The zero-order valence-electron chi connectivity index (χ0n) is 20.8. The molecule has 4 unspecified atom stereocenters. The van der Waals surface area contributed by atoms with Gasteiger partial charge in [0, 0.05) is 11.8 Å². The second-order valence-corrected chi connectivity index (χ2v) is 11.5. The molecule has 0 heterocycles. The SMILES string of the molecule is COC(=O)c1ccc([C@H]2C[C@@]3(C)C(CC[C@@]3(O)C(F)(F)C(F)(F)F)C3CCC4=CC(=O)CCC4C32)cc1. The Kier molecular flexibility index (Phi) is 6.13. The maximum absolute atomic E-state index is 15.0. The molecule has 1 N–H and O–H groups in total. The van der Waals surface area contributed by atoms with Crippen LogP contribution in [0.15, 0.2) is 35.9 Å². The van der Waals surface area contributed by atoms with Crippen LogP contribution in [0.1, 0.15) is 73.7 Å². The van der Waals surface area contributed by atoms with Crippen LogP contribution in [0.5, 0.6) is 0 Å². The third-order valence-electron chi connectivity index (χ3n) is 10.1. The Morgan fingerprint density at radius 2 is 1.70 bits per heavy atom. The zero-order chi connectivity index (χ0) is 27.0. The van der Waals surface area contributed by atoms with Crippen LogP contribution < -0.4 is 0 Å². The molecule has 0 saturated heterocycles. The summed E-state index contributed by atoms with van der Waals surface area (Å²) in [6.45, 7) is 1.41. The van der Waals surface area contributed by atoms with Crippen molar-refractivity contribution in [2.45, 2.75) is 75.5 Å². The molecule has 1 aromatic carbocycles. The van der Waals surface area contributed by atoms with Crippen molar-refractivity contribution in [3.8, 4) is 0 Å². The van der Waals surface area contributed by atoms with Crippen molar-refractivity contribution in [1.29, 1.82) is 0 Å². The summed E-state index contributed by atoms with van der Waals surface area (Å²) in [5.41, 5.74) is -2.84. The van der Waals surface area contributed by atoms with Gasteiger partial charge in [-0.3, -0.25) is 4.79 Å². The fourth-order valence-corrected chi connectivity index (χ4v) is 8.39. The molecule has 5 rings (SSSR count). The fourth-order valence-electron chi connectivity index (χ4n) is 8.39. The van der Waals surface area contributed by atoms with Gasteiger partial charge in [-0.1, -0.05) is 24.6 Å². The van der Waals surface area contributed by atoms with Gasteiger partial charge in [0.05, 0.1) is 12.7 Å². The van der Waals surface area contributed by atoms with Gasteiger partial charge in [0.2, 0.25) is 0 Å². The summed E-state index contributed by atoms with van der Waals surface area (Å²) in [6, 6.07) is 6.55. The minimum atomic E-state index is -5.87. The predicted octanol–water partition coefficient (Wildman–Crippen LogP) is 6.24. The number of rotatable bonds is 3. The number of methoxy groups -OCH3 is 1. The molecule has 3 fully saturated rings. The monoisotopic (exact) mass is 526 g/mol. The zero-order valence-corrected chi connectivity index (χ0v) is 20.8. The summed E-state index contributed by atoms with van der Waals surface area (Å²) in [6.07, 6.45) is -2.58. The van der Waals surface area contributed by atoms with Gasteiger partial charge in [-0.05, 0) is 91.9 Å². The highest BCUT2D eigenvalue weighted by molar-refractivity contribution is 5.91. The van der Waals surface area contributed by atoms with E-state index in [1.165, 1.54) is 14.0 Å². The number of fused-ring (bicyclic) bond motifs is 5. The fraction of sp³-hybridized carbons (Fsp3) is 0.643. The van der Waals surface area contributed by atoms with Crippen LogP contribution in [-0.2, 0) is 9.53 Å². The van der Waals surface area contributed by atoms with E-state index in [1.54, 1.807) is 30.3 Å². The molecule has 4 aliphatic rings. The van der Waals surface area contributed by atoms with E-state index in [1.807, 2.05) is 0 Å². The van der Waals surface area contributed by atoms with Gasteiger partial charge in [-0.2, -0.15) is 22.0 Å². The Labute approximate surface area is 212 Å². The van der Waals surface area contributed by atoms with Gasteiger partial charge in [0.15, 0.2) is 5.78 Å². The maximum Gasteiger partial charge on any atom is 0.456 e. The van der Waals surface area contributed by atoms with Gasteiger partial charge in [-0.15, -0.1) is 0 Å². The summed E-state index contributed by atoms with van der Waals surface area (Å²) in [4.78, 5) is 24.1. The molecular weight excluding hydrogens is 495 g/mol. The minimum absolute atomic E-state index is 0.0307. The lowest BCUT2D eigenvalue weighted by atomic mass is 9.46. The van der Waals surface area contributed by atoms with Crippen molar-refractivity contribution in [3.63, 3.8) is 0 Å². The van der Waals surface area contributed by atoms with Gasteiger partial charge < -0.3 is 9.84 Å². The molecular formula is C28H31F5O4. The lowest BCUT2D eigenvalue weighted by Gasteiger charge is -2.59. The number of carbonyl (C=O) groups is 2. The number of ketones is 1. The third kappa shape index (κ3) is 3.70. The van der Waals surface area contributed by atoms with E-state index in [0.29, 0.717) is 31.2 Å². The normalized spacial score (nSPS) is 37.8. The van der Waals surface area contributed by atoms with Crippen molar-refractivity contribution in [1.82, 2.24) is 0 Å². The van der Waals surface area contributed by atoms with Gasteiger partial charge in [0.25, 0.3) is 0 Å². The molecule has 0 bridgehead atoms. The number of esters is 1. The van der Waals surface area contributed by atoms with Crippen LogP contribution in [0.3, 0.4) is 0 Å². The van der Waals surface area contributed by atoms with Crippen molar-refractivity contribution in [3.05, 3.63) is 47.0 Å². The quantitative estimate of drug-likeness (QED) is 0.374. The van der Waals surface area contributed by atoms with Crippen LogP contribution in [0.25, 0.3) is 0 Å². The average molecular weight is 527 g/mol. The Balaban J connectivity index is 1.62. The number of allylic oxidation sites excluding steroid dienone is 1. The van der Waals surface area contributed by atoms with Crippen molar-refractivity contribution < 1.29 is 41.4 Å². The Hall–Kier alpha value is -2.29. The lowest BCUT2D eigenvalue weighted by molar-refractivity contribution is -0.364. The number of halogens is 5. The van der Waals surface area contributed by atoms with Crippen LogP contribution >= 0.6 is 0 Å². The summed E-state index contributed by atoms with van der Waals surface area (Å²) in [5.74, 6) is -6.85. The molecule has 4 aliphatic carbocycles. The first-order chi connectivity index (χ1) is 17.2. The van der Waals surface area contributed by atoms with E-state index < -0.39 is 47.3 Å². The second-order valence-electron chi connectivity index (χ2n) is 11.5.